The number of carboxylic acids is 1. The summed E-state index contributed by atoms with van der Waals surface area (Å²) >= 11 is 5.94. The maximum absolute atomic E-state index is 11.2. The van der Waals surface area contributed by atoms with Gasteiger partial charge in [0.15, 0.2) is 0 Å². The minimum atomic E-state index is -0.989. The zero-order valence-electron chi connectivity index (χ0n) is 10.5. The highest BCUT2D eigenvalue weighted by Crippen LogP contribution is 2.35. The maximum atomic E-state index is 11.2. The van der Waals surface area contributed by atoms with E-state index in [1.165, 1.54) is 6.07 Å². The lowest BCUT2D eigenvalue weighted by Gasteiger charge is -2.15. The van der Waals surface area contributed by atoms with Crippen LogP contribution in [0.4, 0.5) is 5.69 Å². The number of anilines is 1. The molecule has 0 saturated carbocycles. The molecule has 20 heavy (non-hydrogen) atoms. The molecule has 0 bridgehead atoms. The van der Waals surface area contributed by atoms with Crippen molar-refractivity contribution in [1.82, 2.24) is 0 Å². The van der Waals surface area contributed by atoms with Gasteiger partial charge in [0.2, 0.25) is 0 Å². The third-order valence-corrected chi connectivity index (χ3v) is 3.48. The molecule has 0 amide bonds. The van der Waals surface area contributed by atoms with E-state index in [1.807, 2.05) is 24.3 Å². The van der Waals surface area contributed by atoms with Crippen molar-refractivity contribution in [1.29, 1.82) is 0 Å². The number of ether oxygens (including phenoxy) is 1. The van der Waals surface area contributed by atoms with Gasteiger partial charge in [-0.1, -0.05) is 29.8 Å². The van der Waals surface area contributed by atoms with Crippen LogP contribution < -0.4 is 10.1 Å². The minimum Gasteiger partial charge on any atom is -0.491 e. The fraction of sp³-hybridized carbons (Fsp3) is 0.133. The van der Waals surface area contributed by atoms with Crippen LogP contribution in [0, 0.1) is 0 Å². The van der Waals surface area contributed by atoms with E-state index in [2.05, 4.69) is 5.32 Å². The lowest BCUT2D eigenvalue weighted by atomic mass is 10.1. The van der Waals surface area contributed by atoms with Gasteiger partial charge in [0.1, 0.15) is 12.4 Å². The number of hydrogen-bond acceptors (Lipinski definition) is 3. The highest BCUT2D eigenvalue weighted by atomic mass is 35.5. The van der Waals surface area contributed by atoms with Gasteiger partial charge in [-0.05, 0) is 24.3 Å². The Hall–Kier alpha value is -2.20. The summed E-state index contributed by atoms with van der Waals surface area (Å²) in [5, 5.41) is 12.9. The summed E-state index contributed by atoms with van der Waals surface area (Å²) in [6.07, 6.45) is 0. The Bertz CT molecular complexity index is 672. The molecule has 2 aromatic rings. The lowest BCUT2D eigenvalue weighted by Crippen LogP contribution is -2.14. The molecule has 102 valence electrons. The van der Waals surface area contributed by atoms with Gasteiger partial charge >= 0.3 is 5.97 Å². The molecule has 2 aromatic carbocycles. The van der Waals surface area contributed by atoms with Crippen molar-refractivity contribution < 1.29 is 14.6 Å². The number of carboxylic acid groups (broad SMARTS) is 1. The Morgan fingerprint density at radius 3 is 2.90 bits per heavy atom. The number of hydrogen-bond donors (Lipinski definition) is 2. The van der Waals surface area contributed by atoms with Crippen molar-refractivity contribution in [2.75, 3.05) is 11.9 Å². The Labute approximate surface area is 120 Å². The molecule has 1 atom stereocenters. The first-order chi connectivity index (χ1) is 9.65. The molecule has 1 aliphatic heterocycles. The highest BCUT2D eigenvalue weighted by molar-refractivity contribution is 6.31. The van der Waals surface area contributed by atoms with Gasteiger partial charge in [-0.3, -0.25) is 0 Å². The number of nitrogens with one attached hydrogen (secondary N) is 1. The van der Waals surface area contributed by atoms with Crippen molar-refractivity contribution in [2.24, 2.45) is 0 Å². The predicted molar refractivity (Wildman–Crippen MR) is 76.7 cm³/mol. The molecule has 1 aliphatic rings. The van der Waals surface area contributed by atoms with Crippen LogP contribution in [0.15, 0.2) is 42.5 Å². The Kier molecular flexibility index (Phi) is 3.24. The fourth-order valence-corrected chi connectivity index (χ4v) is 2.46. The second-order valence-corrected chi connectivity index (χ2v) is 4.98. The first-order valence-electron chi connectivity index (χ1n) is 6.16. The summed E-state index contributed by atoms with van der Waals surface area (Å²) in [6, 6.07) is 12.3. The Morgan fingerprint density at radius 2 is 2.10 bits per heavy atom. The highest BCUT2D eigenvalue weighted by Gasteiger charge is 2.24. The van der Waals surface area contributed by atoms with Crippen LogP contribution in [0.5, 0.6) is 5.75 Å². The van der Waals surface area contributed by atoms with E-state index in [9.17, 15) is 9.90 Å². The molecule has 0 aromatic heterocycles. The van der Waals surface area contributed by atoms with Gasteiger partial charge in [0, 0.05) is 10.6 Å². The van der Waals surface area contributed by atoms with E-state index >= 15 is 0 Å². The molecular formula is C15H12ClNO3. The number of fused-ring (bicyclic) bond motifs is 1. The van der Waals surface area contributed by atoms with Crippen molar-refractivity contribution in [2.45, 2.75) is 6.04 Å². The number of benzene rings is 2. The van der Waals surface area contributed by atoms with Crippen LogP contribution in [0.25, 0.3) is 0 Å². The Balaban J connectivity index is 1.93. The summed E-state index contributed by atoms with van der Waals surface area (Å²) in [5.74, 6) is -0.166. The van der Waals surface area contributed by atoms with E-state index in [-0.39, 0.29) is 11.6 Å². The third-order valence-electron chi connectivity index (χ3n) is 3.24. The second kappa shape index (κ2) is 5.06. The van der Waals surface area contributed by atoms with E-state index in [4.69, 9.17) is 16.3 Å². The van der Waals surface area contributed by atoms with Crippen LogP contribution in [-0.2, 0) is 0 Å². The summed E-state index contributed by atoms with van der Waals surface area (Å²) < 4.78 is 5.57. The topological polar surface area (TPSA) is 58.6 Å². The van der Waals surface area contributed by atoms with Crippen LogP contribution in [-0.4, -0.2) is 17.7 Å². The average Bonchev–Trinajstić information content (AvgIpc) is 2.82. The molecule has 2 N–H and O–H groups in total. The number of halogens is 1. The van der Waals surface area contributed by atoms with Gasteiger partial charge < -0.3 is 15.2 Å². The van der Waals surface area contributed by atoms with Crippen LogP contribution in [0.3, 0.4) is 0 Å². The quantitative estimate of drug-likeness (QED) is 0.907. The maximum Gasteiger partial charge on any atom is 0.337 e. The third kappa shape index (κ3) is 2.30. The van der Waals surface area contributed by atoms with Crippen LogP contribution >= 0.6 is 11.6 Å². The molecule has 0 fully saturated rings. The normalized spacial score (nSPS) is 16.4. The van der Waals surface area contributed by atoms with E-state index in [1.54, 1.807) is 12.1 Å². The van der Waals surface area contributed by atoms with Crippen LogP contribution in [0.1, 0.15) is 22.0 Å². The molecule has 0 radical (unpaired) electrons. The van der Waals surface area contributed by atoms with Gasteiger partial charge in [-0.25, -0.2) is 4.79 Å². The first-order valence-corrected chi connectivity index (χ1v) is 6.54. The number of carbonyl (C=O) groups is 1. The largest absolute Gasteiger partial charge is 0.491 e. The standard InChI is InChI=1S/C15H12ClNO3/c16-9-5-6-11(15(18)19)12(7-9)17-13-8-20-14-4-2-1-3-10(13)14/h1-7,13,17H,8H2,(H,18,19). The molecule has 5 heteroatoms. The monoisotopic (exact) mass is 289 g/mol. The molecule has 1 unspecified atom stereocenters. The molecule has 4 nitrogen and oxygen atoms in total. The lowest BCUT2D eigenvalue weighted by molar-refractivity contribution is 0.0698. The summed E-state index contributed by atoms with van der Waals surface area (Å²) in [6.45, 7) is 0.463. The summed E-state index contributed by atoms with van der Waals surface area (Å²) in [4.78, 5) is 11.2. The smallest absolute Gasteiger partial charge is 0.337 e. The molecular weight excluding hydrogens is 278 g/mol. The van der Waals surface area contributed by atoms with Crippen molar-refractivity contribution in [3.63, 3.8) is 0 Å². The summed E-state index contributed by atoms with van der Waals surface area (Å²) in [5.41, 5.74) is 1.71. The number of rotatable bonds is 3. The molecule has 0 saturated heterocycles. The molecule has 0 aliphatic carbocycles. The molecule has 0 spiro atoms. The minimum absolute atomic E-state index is 0.0808. The number of para-hydroxylation sites is 1. The van der Waals surface area contributed by atoms with E-state index in [0.29, 0.717) is 17.3 Å². The van der Waals surface area contributed by atoms with Crippen molar-refractivity contribution >= 4 is 23.3 Å². The average molecular weight is 290 g/mol. The van der Waals surface area contributed by atoms with Crippen molar-refractivity contribution in [3.05, 3.63) is 58.6 Å². The predicted octanol–water partition coefficient (Wildman–Crippen LogP) is 3.58. The van der Waals surface area contributed by atoms with Gasteiger partial charge in [-0.15, -0.1) is 0 Å². The molecule has 3 rings (SSSR count). The van der Waals surface area contributed by atoms with Crippen LogP contribution in [0.2, 0.25) is 5.02 Å². The van der Waals surface area contributed by atoms with Gasteiger partial charge in [0.05, 0.1) is 17.3 Å². The van der Waals surface area contributed by atoms with E-state index < -0.39 is 5.97 Å². The van der Waals surface area contributed by atoms with Gasteiger partial charge in [0.25, 0.3) is 0 Å². The second-order valence-electron chi connectivity index (χ2n) is 4.54. The molecule has 1 heterocycles. The Morgan fingerprint density at radius 1 is 1.30 bits per heavy atom. The summed E-state index contributed by atoms with van der Waals surface area (Å²) in [7, 11) is 0. The van der Waals surface area contributed by atoms with Gasteiger partial charge in [-0.2, -0.15) is 0 Å². The van der Waals surface area contributed by atoms with E-state index in [0.717, 1.165) is 11.3 Å². The fourth-order valence-electron chi connectivity index (χ4n) is 2.29. The first kappa shape index (κ1) is 12.8. The zero-order valence-corrected chi connectivity index (χ0v) is 11.2. The SMILES string of the molecule is O=C(O)c1ccc(Cl)cc1NC1COc2ccccc21. The number of aromatic carboxylic acids is 1. The van der Waals surface area contributed by atoms with Crippen molar-refractivity contribution in [3.8, 4) is 5.75 Å². The zero-order chi connectivity index (χ0) is 14.1.